The van der Waals surface area contributed by atoms with E-state index < -0.39 is 17.7 Å². The number of aromatic amines is 1. The van der Waals surface area contributed by atoms with Gasteiger partial charge in [0.05, 0.1) is 21.9 Å². The Labute approximate surface area is 175 Å². The number of hydrogen-bond donors (Lipinski definition) is 3. The van der Waals surface area contributed by atoms with Gasteiger partial charge in [0.25, 0.3) is 17.7 Å². The lowest BCUT2D eigenvalue weighted by Gasteiger charge is -2.17. The molecule has 3 rings (SSSR count). The monoisotopic (exact) mass is 431 g/mol. The second-order valence-electron chi connectivity index (χ2n) is 5.95. The second kappa shape index (κ2) is 8.34. The van der Waals surface area contributed by atoms with Crippen molar-refractivity contribution in [3.8, 4) is 0 Å². The fourth-order valence-electron chi connectivity index (χ4n) is 2.60. The molecule has 0 unspecified atom stereocenters. The van der Waals surface area contributed by atoms with Crippen molar-refractivity contribution in [3.63, 3.8) is 0 Å². The Morgan fingerprint density at radius 1 is 1.07 bits per heavy atom. The SMILES string of the molecule is CN(C(=O)c1nc[nH]c1C(N)=O)c1ccc(NC(=O)c2c(Cl)cccc2Cl)cc1. The van der Waals surface area contributed by atoms with Gasteiger partial charge in [-0.3, -0.25) is 14.4 Å². The van der Waals surface area contributed by atoms with Gasteiger partial charge in [-0.2, -0.15) is 0 Å². The summed E-state index contributed by atoms with van der Waals surface area (Å²) in [6.07, 6.45) is 1.22. The van der Waals surface area contributed by atoms with Crippen LogP contribution >= 0.6 is 23.2 Å². The normalized spacial score (nSPS) is 10.4. The summed E-state index contributed by atoms with van der Waals surface area (Å²) in [5, 5.41) is 3.17. The maximum absolute atomic E-state index is 12.6. The minimum Gasteiger partial charge on any atom is -0.364 e. The standard InChI is InChI=1S/C19H15Cl2N5O3/c1-26(19(29)16-15(17(22)27)23-9-24-16)11-7-5-10(6-8-11)25-18(28)14-12(20)3-2-4-13(14)21/h2-9H,1H3,(H2,22,27)(H,23,24)(H,25,28). The minimum atomic E-state index is -0.782. The number of imidazole rings is 1. The van der Waals surface area contributed by atoms with E-state index in [9.17, 15) is 14.4 Å². The van der Waals surface area contributed by atoms with Crippen LogP contribution in [-0.2, 0) is 0 Å². The number of rotatable bonds is 5. The molecule has 3 amide bonds. The summed E-state index contributed by atoms with van der Waals surface area (Å²) in [5.41, 5.74) is 6.25. The Morgan fingerprint density at radius 2 is 1.69 bits per heavy atom. The highest BCUT2D eigenvalue weighted by atomic mass is 35.5. The van der Waals surface area contributed by atoms with E-state index in [1.54, 1.807) is 42.5 Å². The Morgan fingerprint density at radius 3 is 2.28 bits per heavy atom. The summed E-state index contributed by atoms with van der Waals surface area (Å²) < 4.78 is 0. The minimum absolute atomic E-state index is 0.0673. The first kappa shape index (κ1) is 20.4. The van der Waals surface area contributed by atoms with E-state index in [4.69, 9.17) is 28.9 Å². The number of carbonyl (C=O) groups excluding carboxylic acids is 3. The summed E-state index contributed by atoms with van der Waals surface area (Å²) in [6, 6.07) is 11.3. The molecule has 2 aromatic carbocycles. The topological polar surface area (TPSA) is 121 Å². The van der Waals surface area contributed by atoms with E-state index in [1.165, 1.54) is 18.3 Å². The zero-order chi connectivity index (χ0) is 21.1. The Balaban J connectivity index is 1.76. The molecular weight excluding hydrogens is 417 g/mol. The molecule has 148 valence electrons. The fourth-order valence-corrected chi connectivity index (χ4v) is 3.17. The second-order valence-corrected chi connectivity index (χ2v) is 6.77. The van der Waals surface area contributed by atoms with Crippen molar-refractivity contribution in [2.24, 2.45) is 5.73 Å². The Kier molecular flexibility index (Phi) is 5.86. The van der Waals surface area contributed by atoms with Crippen LogP contribution in [0.4, 0.5) is 11.4 Å². The number of carbonyl (C=O) groups is 3. The van der Waals surface area contributed by atoms with Crippen molar-refractivity contribution in [2.45, 2.75) is 0 Å². The van der Waals surface area contributed by atoms with Crippen molar-refractivity contribution in [1.82, 2.24) is 9.97 Å². The smallest absolute Gasteiger partial charge is 0.279 e. The molecule has 0 atom stereocenters. The molecule has 10 heteroatoms. The lowest BCUT2D eigenvalue weighted by molar-refractivity contribution is 0.0958. The molecule has 29 heavy (non-hydrogen) atoms. The van der Waals surface area contributed by atoms with Crippen molar-refractivity contribution in [3.05, 3.63) is 75.8 Å². The number of benzene rings is 2. The van der Waals surface area contributed by atoms with Gasteiger partial charge in [-0.25, -0.2) is 4.98 Å². The van der Waals surface area contributed by atoms with Crippen LogP contribution < -0.4 is 16.0 Å². The third-order valence-electron chi connectivity index (χ3n) is 4.10. The van der Waals surface area contributed by atoms with Crippen molar-refractivity contribution in [2.75, 3.05) is 17.3 Å². The van der Waals surface area contributed by atoms with E-state index >= 15 is 0 Å². The number of halogens is 2. The van der Waals surface area contributed by atoms with Gasteiger partial charge >= 0.3 is 0 Å². The molecule has 1 heterocycles. The highest BCUT2D eigenvalue weighted by molar-refractivity contribution is 6.40. The molecule has 1 aromatic heterocycles. The molecular formula is C19H15Cl2N5O3. The van der Waals surface area contributed by atoms with Crippen LogP contribution in [-0.4, -0.2) is 34.7 Å². The average molecular weight is 432 g/mol. The number of hydrogen-bond acceptors (Lipinski definition) is 4. The van der Waals surface area contributed by atoms with Crippen molar-refractivity contribution in [1.29, 1.82) is 0 Å². The molecule has 8 nitrogen and oxygen atoms in total. The number of nitrogens with two attached hydrogens (primary N) is 1. The lowest BCUT2D eigenvalue weighted by atomic mass is 10.2. The summed E-state index contributed by atoms with van der Waals surface area (Å²) in [4.78, 5) is 44.1. The van der Waals surface area contributed by atoms with E-state index in [2.05, 4.69) is 15.3 Å². The first-order valence-corrected chi connectivity index (χ1v) is 9.02. The third-order valence-corrected chi connectivity index (χ3v) is 4.73. The molecule has 3 aromatic rings. The van der Waals surface area contributed by atoms with Crippen LogP contribution in [0, 0.1) is 0 Å². The van der Waals surface area contributed by atoms with Crippen LogP contribution in [0.5, 0.6) is 0 Å². The number of H-pyrrole nitrogens is 1. The van der Waals surface area contributed by atoms with E-state index in [0.29, 0.717) is 11.4 Å². The van der Waals surface area contributed by atoms with E-state index in [-0.39, 0.29) is 27.0 Å². The third kappa shape index (κ3) is 4.23. The summed E-state index contributed by atoms with van der Waals surface area (Å²) in [6.45, 7) is 0. The number of nitrogens with zero attached hydrogens (tertiary/aromatic N) is 2. The Bertz CT molecular complexity index is 1080. The predicted molar refractivity (Wildman–Crippen MR) is 111 cm³/mol. The van der Waals surface area contributed by atoms with Crippen LogP contribution in [0.1, 0.15) is 31.3 Å². The molecule has 0 radical (unpaired) electrons. The van der Waals surface area contributed by atoms with Gasteiger partial charge in [0.2, 0.25) is 0 Å². The number of nitrogens with one attached hydrogen (secondary N) is 2. The van der Waals surface area contributed by atoms with Gasteiger partial charge in [-0.15, -0.1) is 0 Å². The fraction of sp³-hybridized carbons (Fsp3) is 0.0526. The molecule has 0 saturated carbocycles. The molecule has 0 aliphatic carbocycles. The summed E-state index contributed by atoms with van der Waals surface area (Å²) >= 11 is 12.1. The zero-order valence-electron chi connectivity index (χ0n) is 15.1. The molecule has 0 fully saturated rings. The van der Waals surface area contributed by atoms with Gasteiger partial charge in [0, 0.05) is 18.4 Å². The van der Waals surface area contributed by atoms with E-state index in [0.717, 1.165) is 0 Å². The van der Waals surface area contributed by atoms with Crippen molar-refractivity contribution < 1.29 is 14.4 Å². The average Bonchev–Trinajstić information content (AvgIpc) is 3.17. The molecule has 4 N–H and O–H groups in total. The van der Waals surface area contributed by atoms with Gasteiger partial charge in [0.15, 0.2) is 5.69 Å². The number of primary amides is 1. The maximum Gasteiger partial charge on any atom is 0.279 e. The van der Waals surface area contributed by atoms with E-state index in [1.807, 2.05) is 0 Å². The van der Waals surface area contributed by atoms with Gasteiger partial charge in [-0.1, -0.05) is 29.3 Å². The quantitative estimate of drug-likeness (QED) is 0.573. The number of aromatic nitrogens is 2. The molecule has 0 saturated heterocycles. The largest absolute Gasteiger partial charge is 0.364 e. The highest BCUT2D eigenvalue weighted by Gasteiger charge is 2.22. The predicted octanol–water partition coefficient (Wildman–Crippen LogP) is 3.34. The Hall–Kier alpha value is -3.36. The molecule has 0 aliphatic heterocycles. The van der Waals surface area contributed by atoms with Gasteiger partial charge in [-0.05, 0) is 36.4 Å². The van der Waals surface area contributed by atoms with Crippen molar-refractivity contribution >= 4 is 52.3 Å². The first-order valence-electron chi connectivity index (χ1n) is 8.26. The van der Waals surface area contributed by atoms with Crippen LogP contribution in [0.15, 0.2) is 48.8 Å². The lowest BCUT2D eigenvalue weighted by Crippen LogP contribution is -2.29. The number of anilines is 2. The number of amides is 3. The highest BCUT2D eigenvalue weighted by Crippen LogP contribution is 2.26. The van der Waals surface area contributed by atoms with Crippen LogP contribution in [0.25, 0.3) is 0 Å². The first-order chi connectivity index (χ1) is 13.8. The molecule has 0 bridgehead atoms. The van der Waals surface area contributed by atoms with Crippen LogP contribution in [0.2, 0.25) is 10.0 Å². The molecule has 0 spiro atoms. The summed E-state index contributed by atoms with van der Waals surface area (Å²) in [7, 11) is 1.53. The zero-order valence-corrected chi connectivity index (χ0v) is 16.6. The molecule has 0 aliphatic rings. The van der Waals surface area contributed by atoms with Gasteiger partial charge in [0.1, 0.15) is 5.69 Å². The van der Waals surface area contributed by atoms with Crippen LogP contribution in [0.3, 0.4) is 0 Å². The van der Waals surface area contributed by atoms with Gasteiger partial charge < -0.3 is 20.9 Å². The maximum atomic E-state index is 12.6. The summed E-state index contributed by atoms with van der Waals surface area (Å²) in [5.74, 6) is -1.75.